The van der Waals surface area contributed by atoms with E-state index in [0.29, 0.717) is 36.8 Å². The molecule has 5 amide bonds. The van der Waals surface area contributed by atoms with Gasteiger partial charge in [0.05, 0.1) is 33.9 Å². The molecule has 4 saturated heterocycles. The highest BCUT2D eigenvalue weighted by molar-refractivity contribution is 6.23. The van der Waals surface area contributed by atoms with Gasteiger partial charge in [-0.1, -0.05) is 11.2 Å². The lowest BCUT2D eigenvalue weighted by molar-refractivity contribution is -0.136. The summed E-state index contributed by atoms with van der Waals surface area (Å²) >= 11 is 0. The second-order valence-electron chi connectivity index (χ2n) is 17.2. The van der Waals surface area contributed by atoms with Crippen LogP contribution in [0.2, 0.25) is 0 Å². The topological polar surface area (TPSA) is 154 Å². The van der Waals surface area contributed by atoms with Crippen LogP contribution < -0.4 is 15.1 Å². The number of piperidine rings is 4. The number of nitrogens with one attached hydrogen (secondary N) is 1. The third-order valence-electron chi connectivity index (χ3n) is 13.6. The SMILES string of the molecule is Cc1noc(C)c1-c1ccc2c(c1)nc([C@@H]1CCCC(=O)N1c1ccc(F)c(F)c1)n2C1CCN(C2CCN(c3ccc4c(c3)C(=O)N(C3CCC(=O)NC3=O)C4=O)CC2)CC1. The zero-order valence-electron chi connectivity index (χ0n) is 34.5. The van der Waals surface area contributed by atoms with E-state index in [4.69, 9.17) is 9.51 Å². The molecule has 16 heteroatoms. The molecule has 0 aliphatic carbocycles. The van der Waals surface area contributed by atoms with Crippen molar-refractivity contribution in [2.24, 2.45) is 0 Å². The zero-order chi connectivity index (χ0) is 43.0. The minimum Gasteiger partial charge on any atom is -0.371 e. The first-order valence-electron chi connectivity index (χ1n) is 21.5. The van der Waals surface area contributed by atoms with E-state index < -0.39 is 47.3 Å². The third kappa shape index (κ3) is 6.75. The van der Waals surface area contributed by atoms with Gasteiger partial charge in [0, 0.05) is 74.1 Å². The van der Waals surface area contributed by atoms with Gasteiger partial charge in [-0.25, -0.2) is 13.8 Å². The second-order valence-corrected chi connectivity index (χ2v) is 17.2. The number of amides is 5. The summed E-state index contributed by atoms with van der Waals surface area (Å²) in [5.41, 5.74) is 6.04. The largest absolute Gasteiger partial charge is 0.371 e. The van der Waals surface area contributed by atoms with Crippen molar-refractivity contribution < 1.29 is 37.3 Å². The summed E-state index contributed by atoms with van der Waals surface area (Å²) in [7, 11) is 0. The summed E-state index contributed by atoms with van der Waals surface area (Å²) in [6.07, 6.45) is 5.27. The molecular formula is C46H46F2N8O6. The number of imidazole rings is 1. The second kappa shape index (κ2) is 15.6. The van der Waals surface area contributed by atoms with Crippen molar-refractivity contribution >= 4 is 51.9 Å². The predicted molar refractivity (Wildman–Crippen MR) is 223 cm³/mol. The van der Waals surface area contributed by atoms with Crippen LogP contribution in [0.4, 0.5) is 20.2 Å². The smallest absolute Gasteiger partial charge is 0.262 e. The number of rotatable bonds is 7. The number of benzene rings is 3. The molecule has 0 spiro atoms. The van der Waals surface area contributed by atoms with Crippen molar-refractivity contribution in [3.8, 4) is 11.1 Å². The van der Waals surface area contributed by atoms with E-state index in [1.165, 1.54) is 6.07 Å². The summed E-state index contributed by atoms with van der Waals surface area (Å²) in [4.78, 5) is 77.3. The van der Waals surface area contributed by atoms with Crippen molar-refractivity contribution in [2.75, 3.05) is 36.0 Å². The molecule has 3 aromatic carbocycles. The molecule has 4 fully saturated rings. The predicted octanol–water partition coefficient (Wildman–Crippen LogP) is 6.55. The maximum Gasteiger partial charge on any atom is 0.262 e. The number of fused-ring (bicyclic) bond motifs is 2. The van der Waals surface area contributed by atoms with Crippen LogP contribution in [0.25, 0.3) is 22.2 Å². The minimum atomic E-state index is -1.01. The van der Waals surface area contributed by atoms with Gasteiger partial charge in [-0.05, 0) is 107 Å². The quantitative estimate of drug-likeness (QED) is 0.179. The Morgan fingerprint density at radius 3 is 2.18 bits per heavy atom. The monoisotopic (exact) mass is 844 g/mol. The van der Waals surface area contributed by atoms with Crippen LogP contribution in [0.5, 0.6) is 0 Å². The Morgan fingerprint density at radius 1 is 0.710 bits per heavy atom. The van der Waals surface area contributed by atoms with Gasteiger partial charge in [0.15, 0.2) is 11.6 Å². The summed E-state index contributed by atoms with van der Waals surface area (Å²) in [6, 6.07) is 14.0. The molecule has 320 valence electrons. The maximum atomic E-state index is 14.6. The van der Waals surface area contributed by atoms with Crippen molar-refractivity contribution in [3.05, 3.63) is 94.6 Å². The number of imide groups is 2. The third-order valence-corrected chi connectivity index (χ3v) is 13.6. The number of carbonyl (C=O) groups excluding carboxylic acids is 5. The van der Waals surface area contributed by atoms with Crippen LogP contribution in [0.1, 0.15) is 108 Å². The number of halogens is 2. The Bertz CT molecular complexity index is 2660. The Labute approximate surface area is 355 Å². The Morgan fingerprint density at radius 2 is 1.45 bits per heavy atom. The van der Waals surface area contributed by atoms with Gasteiger partial charge in [0.25, 0.3) is 11.8 Å². The van der Waals surface area contributed by atoms with Gasteiger partial charge >= 0.3 is 0 Å². The fourth-order valence-corrected chi connectivity index (χ4v) is 10.5. The summed E-state index contributed by atoms with van der Waals surface area (Å²) < 4.78 is 36.5. The van der Waals surface area contributed by atoms with Gasteiger partial charge in [0.1, 0.15) is 17.6 Å². The lowest BCUT2D eigenvalue weighted by Gasteiger charge is -2.43. The van der Waals surface area contributed by atoms with Crippen LogP contribution in [0, 0.1) is 25.5 Å². The van der Waals surface area contributed by atoms with Gasteiger partial charge in [0.2, 0.25) is 17.7 Å². The number of anilines is 2. The number of hydrogen-bond acceptors (Lipinski definition) is 10. The maximum absolute atomic E-state index is 14.6. The molecule has 14 nitrogen and oxygen atoms in total. The average molecular weight is 845 g/mol. The molecule has 1 N–H and O–H groups in total. The molecule has 2 atom stereocenters. The van der Waals surface area contributed by atoms with Gasteiger partial charge in [-0.2, -0.15) is 0 Å². The highest BCUT2D eigenvalue weighted by Gasteiger charge is 2.45. The Hall–Kier alpha value is -6.29. The molecule has 10 rings (SSSR count). The lowest BCUT2D eigenvalue weighted by Crippen LogP contribution is -2.54. The molecule has 5 aliphatic heterocycles. The average Bonchev–Trinajstić information content (AvgIpc) is 3.90. The summed E-state index contributed by atoms with van der Waals surface area (Å²) in [5.74, 6) is -2.76. The van der Waals surface area contributed by atoms with E-state index in [2.05, 4.69) is 37.0 Å². The van der Waals surface area contributed by atoms with Gasteiger partial charge in [-0.3, -0.25) is 34.2 Å². The summed E-state index contributed by atoms with van der Waals surface area (Å²) in [5, 5.41) is 6.40. The fourth-order valence-electron chi connectivity index (χ4n) is 10.5. The first-order chi connectivity index (χ1) is 29.9. The summed E-state index contributed by atoms with van der Waals surface area (Å²) in [6.45, 7) is 7.03. The van der Waals surface area contributed by atoms with Crippen LogP contribution in [0.15, 0.2) is 59.1 Å². The standard InChI is InChI=1S/C46H46F2N8O6/c1-25-42(26(2)62-51-25)27-6-11-37-36(22-27)49-43(38-4-3-5-41(58)54(38)31-8-10-34(47)35(48)24-31)55(37)29-16-20-52(21-17-29)28-14-18-53(19-15-28)30-7-9-32-33(23-30)46(61)56(45(32)60)39-12-13-40(57)50-44(39)59/h6-11,22-24,28-29,38-39H,3-5,12-21H2,1-2H3,(H,50,57,59)/t38-,39?/m0/s1. The van der Waals surface area contributed by atoms with Crippen LogP contribution >= 0.6 is 0 Å². The number of aromatic nitrogens is 3. The van der Waals surface area contributed by atoms with E-state index in [1.807, 2.05) is 26.0 Å². The Balaban J connectivity index is 0.868. The number of nitrogens with zero attached hydrogens (tertiary/aromatic N) is 7. The van der Waals surface area contributed by atoms with E-state index in [0.717, 1.165) is 108 Å². The molecule has 62 heavy (non-hydrogen) atoms. The van der Waals surface area contributed by atoms with Crippen molar-refractivity contribution in [3.63, 3.8) is 0 Å². The number of carbonyl (C=O) groups is 5. The zero-order valence-corrected chi connectivity index (χ0v) is 34.5. The molecule has 7 heterocycles. The molecular weight excluding hydrogens is 799 g/mol. The molecule has 5 aromatic rings. The van der Waals surface area contributed by atoms with Crippen LogP contribution in [-0.2, 0) is 14.4 Å². The van der Waals surface area contributed by atoms with E-state index in [-0.39, 0.29) is 35.9 Å². The van der Waals surface area contributed by atoms with Gasteiger partial charge in [-0.15, -0.1) is 0 Å². The number of aryl methyl sites for hydroxylation is 2. The molecule has 0 radical (unpaired) electrons. The Kier molecular flexibility index (Phi) is 9.99. The van der Waals surface area contributed by atoms with E-state index in [1.54, 1.807) is 17.0 Å². The number of likely N-dealkylation sites (tertiary alicyclic amines) is 1. The van der Waals surface area contributed by atoms with Crippen molar-refractivity contribution in [2.45, 2.75) is 95.8 Å². The van der Waals surface area contributed by atoms with Gasteiger partial charge < -0.3 is 23.8 Å². The van der Waals surface area contributed by atoms with Crippen LogP contribution in [-0.4, -0.2) is 92.3 Å². The number of hydrogen-bond donors (Lipinski definition) is 1. The lowest BCUT2D eigenvalue weighted by atomic mass is 9.95. The first-order valence-corrected chi connectivity index (χ1v) is 21.5. The highest BCUT2D eigenvalue weighted by atomic mass is 19.2. The minimum absolute atomic E-state index is 0.0680. The molecule has 2 aromatic heterocycles. The van der Waals surface area contributed by atoms with E-state index in [9.17, 15) is 32.8 Å². The van der Waals surface area contributed by atoms with Crippen LogP contribution in [0.3, 0.4) is 0 Å². The molecule has 0 bridgehead atoms. The first kappa shape index (κ1) is 39.8. The normalized spacial score (nSPS) is 22.0. The molecule has 0 saturated carbocycles. The molecule has 1 unspecified atom stereocenters. The van der Waals surface area contributed by atoms with E-state index >= 15 is 0 Å². The van der Waals surface area contributed by atoms with Crippen molar-refractivity contribution in [1.82, 2.24) is 29.8 Å². The fraction of sp³-hybridized carbons (Fsp3) is 0.413. The molecule has 5 aliphatic rings. The highest BCUT2D eigenvalue weighted by Crippen LogP contribution is 2.42. The van der Waals surface area contributed by atoms with Crippen molar-refractivity contribution in [1.29, 1.82) is 0 Å².